The number of hydrogen-bond acceptors (Lipinski definition) is 2. The fraction of sp³-hybridized carbons (Fsp3) is 0.294. The highest BCUT2D eigenvalue weighted by Crippen LogP contribution is 2.24. The van der Waals surface area contributed by atoms with E-state index in [0.717, 1.165) is 23.4 Å². The van der Waals surface area contributed by atoms with Gasteiger partial charge in [-0.3, -0.25) is 0 Å². The zero-order valence-corrected chi connectivity index (χ0v) is 11.9. The lowest BCUT2D eigenvalue weighted by Gasteiger charge is -2.13. The Morgan fingerprint density at radius 2 is 1.74 bits per heavy atom. The highest BCUT2D eigenvalue weighted by atomic mass is 16.5. The minimum absolute atomic E-state index is 0.512. The molecule has 19 heavy (non-hydrogen) atoms. The zero-order chi connectivity index (χ0) is 13.8. The van der Waals surface area contributed by atoms with Crippen LogP contribution in [-0.2, 0) is 13.0 Å². The number of nitrogens with two attached hydrogens (primary N) is 1. The average molecular weight is 255 g/mol. The molecular formula is C17H21NO. The van der Waals surface area contributed by atoms with Gasteiger partial charge in [-0.25, -0.2) is 0 Å². The summed E-state index contributed by atoms with van der Waals surface area (Å²) in [4.78, 5) is 0. The Morgan fingerprint density at radius 3 is 2.42 bits per heavy atom. The highest BCUT2D eigenvalue weighted by Gasteiger charge is 2.06. The summed E-state index contributed by atoms with van der Waals surface area (Å²) in [6, 6.07) is 12.1. The molecule has 100 valence electrons. The van der Waals surface area contributed by atoms with Gasteiger partial charge in [0.1, 0.15) is 12.4 Å². The Hall–Kier alpha value is -1.96. The second kappa shape index (κ2) is 5.79. The summed E-state index contributed by atoms with van der Waals surface area (Å²) in [7, 11) is 0. The molecule has 2 aromatic carbocycles. The number of hydrogen-bond donors (Lipinski definition) is 1. The molecule has 0 aliphatic carbocycles. The summed E-state index contributed by atoms with van der Waals surface area (Å²) in [6.07, 6.45) is 1.05. The fourth-order valence-electron chi connectivity index (χ4n) is 2.21. The number of anilines is 1. The van der Waals surface area contributed by atoms with Crippen molar-refractivity contribution >= 4 is 5.69 Å². The molecule has 0 aromatic heterocycles. The van der Waals surface area contributed by atoms with Crippen LogP contribution in [0.5, 0.6) is 5.75 Å². The van der Waals surface area contributed by atoms with Gasteiger partial charge in [-0.1, -0.05) is 31.2 Å². The van der Waals surface area contributed by atoms with Gasteiger partial charge in [0.2, 0.25) is 0 Å². The molecule has 0 saturated carbocycles. The van der Waals surface area contributed by atoms with E-state index in [-0.39, 0.29) is 0 Å². The topological polar surface area (TPSA) is 35.2 Å². The first-order valence-corrected chi connectivity index (χ1v) is 6.68. The predicted molar refractivity (Wildman–Crippen MR) is 80.5 cm³/mol. The minimum atomic E-state index is 0.512. The van der Waals surface area contributed by atoms with E-state index in [1.165, 1.54) is 16.7 Å². The van der Waals surface area contributed by atoms with Gasteiger partial charge in [0.15, 0.2) is 0 Å². The van der Waals surface area contributed by atoms with Gasteiger partial charge in [-0.05, 0) is 49.1 Å². The van der Waals surface area contributed by atoms with Crippen LogP contribution < -0.4 is 10.5 Å². The van der Waals surface area contributed by atoms with E-state index >= 15 is 0 Å². The molecule has 2 rings (SSSR count). The van der Waals surface area contributed by atoms with Crippen LogP contribution in [0.1, 0.15) is 29.2 Å². The summed E-state index contributed by atoms with van der Waals surface area (Å²) < 4.78 is 5.90. The maximum Gasteiger partial charge on any atom is 0.123 e. The normalized spacial score (nSPS) is 10.5. The van der Waals surface area contributed by atoms with Crippen LogP contribution in [0, 0.1) is 13.8 Å². The van der Waals surface area contributed by atoms with E-state index < -0.39 is 0 Å². The van der Waals surface area contributed by atoms with Crippen LogP contribution in [-0.4, -0.2) is 0 Å². The fourth-order valence-corrected chi connectivity index (χ4v) is 2.21. The standard InChI is InChI=1S/C17H21NO/c1-4-14-9-13(3)17(10-12(14)2)19-11-15-7-5-6-8-16(15)18/h5-10H,4,11,18H2,1-3H3. The Balaban J connectivity index is 2.16. The van der Waals surface area contributed by atoms with E-state index in [9.17, 15) is 0 Å². The van der Waals surface area contributed by atoms with Crippen LogP contribution in [0.25, 0.3) is 0 Å². The molecule has 0 heterocycles. The molecule has 0 aliphatic rings. The molecule has 0 saturated heterocycles. The molecule has 0 amide bonds. The molecule has 2 heteroatoms. The molecule has 0 radical (unpaired) electrons. The van der Waals surface area contributed by atoms with Crippen molar-refractivity contribution in [2.45, 2.75) is 33.8 Å². The van der Waals surface area contributed by atoms with Crippen molar-refractivity contribution in [2.75, 3.05) is 5.73 Å². The number of ether oxygens (including phenoxy) is 1. The second-order valence-corrected chi connectivity index (χ2v) is 4.89. The Bertz CT molecular complexity index is 575. The molecule has 0 spiro atoms. The first-order chi connectivity index (χ1) is 9.11. The number of para-hydroxylation sites is 1. The number of aryl methyl sites for hydroxylation is 3. The first-order valence-electron chi connectivity index (χ1n) is 6.68. The van der Waals surface area contributed by atoms with Crippen LogP contribution in [0.4, 0.5) is 5.69 Å². The quantitative estimate of drug-likeness (QED) is 0.837. The van der Waals surface area contributed by atoms with Gasteiger partial charge in [0.25, 0.3) is 0 Å². The lowest BCUT2D eigenvalue weighted by Crippen LogP contribution is -2.01. The van der Waals surface area contributed by atoms with Crippen LogP contribution in [0.15, 0.2) is 36.4 Å². The lowest BCUT2D eigenvalue weighted by atomic mass is 10.0. The van der Waals surface area contributed by atoms with Crippen LogP contribution in [0.2, 0.25) is 0 Å². The number of benzene rings is 2. The van der Waals surface area contributed by atoms with Gasteiger partial charge in [-0.15, -0.1) is 0 Å². The third kappa shape index (κ3) is 3.08. The molecule has 2 aromatic rings. The summed E-state index contributed by atoms with van der Waals surface area (Å²) in [5, 5.41) is 0. The SMILES string of the molecule is CCc1cc(C)c(OCc2ccccc2N)cc1C. The predicted octanol–water partition coefficient (Wildman–Crippen LogP) is 4.03. The Labute approximate surface area is 115 Å². The van der Waals surface area contributed by atoms with Gasteiger partial charge in [0.05, 0.1) is 0 Å². The maximum atomic E-state index is 5.92. The van der Waals surface area contributed by atoms with Crippen molar-refractivity contribution in [3.63, 3.8) is 0 Å². The van der Waals surface area contributed by atoms with Gasteiger partial charge in [-0.2, -0.15) is 0 Å². The van der Waals surface area contributed by atoms with Gasteiger partial charge in [0, 0.05) is 11.3 Å². The zero-order valence-electron chi connectivity index (χ0n) is 11.9. The number of nitrogen functional groups attached to an aromatic ring is 1. The Morgan fingerprint density at radius 1 is 1.00 bits per heavy atom. The van der Waals surface area contributed by atoms with Gasteiger partial charge < -0.3 is 10.5 Å². The molecule has 0 aliphatic heterocycles. The molecule has 0 fully saturated rings. The molecule has 2 N–H and O–H groups in total. The van der Waals surface area contributed by atoms with E-state index in [0.29, 0.717) is 6.61 Å². The summed E-state index contributed by atoms with van der Waals surface area (Å²) in [6.45, 7) is 6.90. The van der Waals surface area contributed by atoms with Crippen molar-refractivity contribution in [3.8, 4) is 5.75 Å². The largest absolute Gasteiger partial charge is 0.489 e. The third-order valence-electron chi connectivity index (χ3n) is 3.45. The summed E-state index contributed by atoms with van der Waals surface area (Å²) in [5.41, 5.74) is 11.6. The maximum absolute atomic E-state index is 5.92. The van der Waals surface area contributed by atoms with E-state index in [4.69, 9.17) is 10.5 Å². The second-order valence-electron chi connectivity index (χ2n) is 4.89. The van der Waals surface area contributed by atoms with Gasteiger partial charge >= 0.3 is 0 Å². The minimum Gasteiger partial charge on any atom is -0.489 e. The van der Waals surface area contributed by atoms with Crippen LogP contribution >= 0.6 is 0 Å². The third-order valence-corrected chi connectivity index (χ3v) is 3.45. The van der Waals surface area contributed by atoms with Crippen LogP contribution in [0.3, 0.4) is 0 Å². The smallest absolute Gasteiger partial charge is 0.123 e. The lowest BCUT2D eigenvalue weighted by molar-refractivity contribution is 0.304. The average Bonchev–Trinajstić information content (AvgIpc) is 2.41. The van der Waals surface area contributed by atoms with E-state index in [1.807, 2.05) is 24.3 Å². The summed E-state index contributed by atoms with van der Waals surface area (Å²) >= 11 is 0. The van der Waals surface area contributed by atoms with Crippen molar-refractivity contribution in [1.82, 2.24) is 0 Å². The first kappa shape index (κ1) is 13.5. The molecule has 0 bridgehead atoms. The van der Waals surface area contributed by atoms with E-state index in [2.05, 4.69) is 32.9 Å². The monoisotopic (exact) mass is 255 g/mol. The van der Waals surface area contributed by atoms with Crippen molar-refractivity contribution in [3.05, 3.63) is 58.7 Å². The highest BCUT2D eigenvalue weighted by molar-refractivity contribution is 5.47. The molecular weight excluding hydrogens is 234 g/mol. The van der Waals surface area contributed by atoms with Crippen molar-refractivity contribution < 1.29 is 4.74 Å². The Kier molecular flexibility index (Phi) is 4.10. The number of rotatable bonds is 4. The summed E-state index contributed by atoms with van der Waals surface area (Å²) in [5.74, 6) is 0.943. The van der Waals surface area contributed by atoms with Crippen molar-refractivity contribution in [1.29, 1.82) is 0 Å². The molecule has 2 nitrogen and oxygen atoms in total. The van der Waals surface area contributed by atoms with E-state index in [1.54, 1.807) is 0 Å². The van der Waals surface area contributed by atoms with Crippen molar-refractivity contribution in [2.24, 2.45) is 0 Å². The molecule has 0 unspecified atom stereocenters. The molecule has 0 atom stereocenters.